The number of nitrogens with zero attached hydrogens (tertiary/aromatic N) is 1. The van der Waals surface area contributed by atoms with E-state index >= 15 is 0 Å². The molecule has 0 aromatic carbocycles. The van der Waals surface area contributed by atoms with Gasteiger partial charge in [0.15, 0.2) is 4.24 Å². The van der Waals surface area contributed by atoms with Crippen LogP contribution < -0.4 is 5.73 Å². The normalized spacial score (nSPS) is 14.5. The van der Waals surface area contributed by atoms with Crippen molar-refractivity contribution in [2.24, 2.45) is 5.73 Å². The van der Waals surface area contributed by atoms with E-state index in [1.165, 1.54) is 9.71 Å². The van der Waals surface area contributed by atoms with Crippen LogP contribution >= 0.6 is 11.8 Å². The van der Waals surface area contributed by atoms with E-state index < -0.39 is 10.0 Å². The van der Waals surface area contributed by atoms with Gasteiger partial charge in [-0.1, -0.05) is 25.6 Å². The smallest absolute Gasteiger partial charge is 0.252 e. The van der Waals surface area contributed by atoms with Gasteiger partial charge in [-0.25, -0.2) is 8.42 Å². The standard InChI is InChI=1S/C9H18N2O3S2/c1-4-11(5-2)16(13,14)9(6-12)15-7-8(3)10/h6-7,12H,4-5,10H2,1-3H3/b8-7+,9-6-. The van der Waals surface area contributed by atoms with E-state index in [0.717, 1.165) is 11.8 Å². The van der Waals surface area contributed by atoms with Gasteiger partial charge in [-0.2, -0.15) is 4.31 Å². The summed E-state index contributed by atoms with van der Waals surface area (Å²) in [6.45, 7) is 5.85. The maximum absolute atomic E-state index is 11.9. The first-order valence-corrected chi connectivity index (χ1v) is 7.15. The molecule has 0 amide bonds. The Bertz CT molecular complexity index is 366. The average molecular weight is 266 g/mol. The molecule has 0 saturated carbocycles. The van der Waals surface area contributed by atoms with Gasteiger partial charge in [0.05, 0.1) is 0 Å². The SMILES string of the molecule is CCN(CC)S(=O)(=O)/C(=C\O)S/C=C(\C)N. The lowest BCUT2D eigenvalue weighted by atomic mass is 10.6. The van der Waals surface area contributed by atoms with Crippen molar-refractivity contribution in [2.45, 2.75) is 20.8 Å². The molecule has 0 bridgehead atoms. The fourth-order valence-electron chi connectivity index (χ4n) is 1.000. The first kappa shape index (κ1) is 15.3. The van der Waals surface area contributed by atoms with Crippen molar-refractivity contribution < 1.29 is 13.5 Å². The van der Waals surface area contributed by atoms with Gasteiger partial charge in [-0.15, -0.1) is 0 Å². The lowest BCUT2D eigenvalue weighted by Crippen LogP contribution is -2.30. The third kappa shape index (κ3) is 4.07. The van der Waals surface area contributed by atoms with Crippen LogP contribution in [0.4, 0.5) is 0 Å². The van der Waals surface area contributed by atoms with E-state index in [1.54, 1.807) is 20.8 Å². The Labute approximate surface area is 101 Å². The van der Waals surface area contributed by atoms with E-state index in [0.29, 0.717) is 25.0 Å². The van der Waals surface area contributed by atoms with Crippen molar-refractivity contribution in [1.29, 1.82) is 0 Å². The molecule has 0 aromatic rings. The van der Waals surface area contributed by atoms with Gasteiger partial charge in [0.1, 0.15) is 6.26 Å². The highest BCUT2D eigenvalue weighted by Gasteiger charge is 2.24. The van der Waals surface area contributed by atoms with Crippen molar-refractivity contribution in [3.63, 3.8) is 0 Å². The number of aliphatic hydroxyl groups excluding tert-OH is 1. The monoisotopic (exact) mass is 266 g/mol. The third-order valence-electron chi connectivity index (χ3n) is 1.77. The van der Waals surface area contributed by atoms with Crippen molar-refractivity contribution in [3.05, 3.63) is 21.6 Å². The Hall–Kier alpha value is -0.660. The van der Waals surface area contributed by atoms with Gasteiger partial charge in [0, 0.05) is 18.8 Å². The summed E-state index contributed by atoms with van der Waals surface area (Å²) >= 11 is 0.890. The highest BCUT2D eigenvalue weighted by molar-refractivity contribution is 8.19. The number of hydrogen-bond donors (Lipinski definition) is 2. The average Bonchev–Trinajstić information content (AvgIpc) is 2.19. The van der Waals surface area contributed by atoms with Crippen LogP contribution in [0.25, 0.3) is 0 Å². The Morgan fingerprint density at radius 2 is 1.94 bits per heavy atom. The lowest BCUT2D eigenvalue weighted by Gasteiger charge is -2.18. The lowest BCUT2D eigenvalue weighted by molar-refractivity contribution is 0.446. The summed E-state index contributed by atoms with van der Waals surface area (Å²) in [5.41, 5.74) is 5.89. The first-order chi connectivity index (χ1) is 7.39. The molecule has 0 fully saturated rings. The molecule has 0 spiro atoms. The number of sulfonamides is 1. The number of hydrogen-bond acceptors (Lipinski definition) is 5. The highest BCUT2D eigenvalue weighted by atomic mass is 32.3. The number of allylic oxidation sites excluding steroid dienone is 1. The van der Waals surface area contributed by atoms with Crippen LogP contribution in [0.3, 0.4) is 0 Å². The molecule has 0 saturated heterocycles. The Morgan fingerprint density at radius 1 is 1.44 bits per heavy atom. The van der Waals surface area contributed by atoms with E-state index in [4.69, 9.17) is 10.8 Å². The summed E-state index contributed by atoms with van der Waals surface area (Å²) in [6.07, 6.45) is 0.595. The van der Waals surface area contributed by atoms with Crippen LogP contribution in [0, 0.1) is 0 Å². The fourth-order valence-corrected chi connectivity index (χ4v) is 3.38. The molecule has 0 aliphatic carbocycles. The van der Waals surface area contributed by atoms with Crippen molar-refractivity contribution in [1.82, 2.24) is 4.31 Å². The minimum absolute atomic E-state index is 0.124. The number of rotatable bonds is 6. The third-order valence-corrected chi connectivity index (χ3v) is 5.32. The van der Waals surface area contributed by atoms with E-state index in [1.807, 2.05) is 0 Å². The van der Waals surface area contributed by atoms with Crippen molar-refractivity contribution in [3.8, 4) is 0 Å². The molecule has 0 atom stereocenters. The molecule has 0 rings (SSSR count). The summed E-state index contributed by atoms with van der Waals surface area (Å²) in [4.78, 5) is 0. The number of aliphatic hydroxyl groups is 1. The molecule has 0 unspecified atom stereocenters. The summed E-state index contributed by atoms with van der Waals surface area (Å²) in [5, 5.41) is 10.4. The molecule has 16 heavy (non-hydrogen) atoms. The topological polar surface area (TPSA) is 83.6 Å². The summed E-state index contributed by atoms with van der Waals surface area (Å²) < 4.78 is 25.0. The van der Waals surface area contributed by atoms with Crippen LogP contribution in [0.5, 0.6) is 0 Å². The molecule has 0 aliphatic rings. The zero-order valence-electron chi connectivity index (χ0n) is 9.67. The summed E-state index contributed by atoms with van der Waals surface area (Å²) in [6, 6.07) is 0. The zero-order chi connectivity index (χ0) is 12.8. The van der Waals surface area contributed by atoms with Gasteiger partial charge in [-0.05, 0) is 12.3 Å². The highest BCUT2D eigenvalue weighted by Crippen LogP contribution is 2.26. The Kier molecular flexibility index (Phi) is 6.54. The second-order valence-electron chi connectivity index (χ2n) is 3.02. The maximum Gasteiger partial charge on any atom is 0.252 e. The largest absolute Gasteiger partial charge is 0.514 e. The van der Waals surface area contributed by atoms with Gasteiger partial charge < -0.3 is 10.8 Å². The molecule has 0 heterocycles. The minimum atomic E-state index is -3.60. The van der Waals surface area contributed by atoms with E-state index in [9.17, 15) is 8.42 Å². The van der Waals surface area contributed by atoms with Crippen LogP contribution in [0.15, 0.2) is 21.6 Å². The molecular formula is C9H18N2O3S2. The molecule has 0 aromatic heterocycles. The molecule has 0 aliphatic heterocycles. The van der Waals surface area contributed by atoms with Crippen LogP contribution in [0.1, 0.15) is 20.8 Å². The zero-order valence-corrected chi connectivity index (χ0v) is 11.3. The number of thioether (sulfide) groups is 1. The Morgan fingerprint density at radius 3 is 2.25 bits per heavy atom. The predicted octanol–water partition coefficient (Wildman–Crippen LogP) is 1.57. The van der Waals surface area contributed by atoms with Gasteiger partial charge >= 0.3 is 0 Å². The first-order valence-electron chi connectivity index (χ1n) is 4.83. The summed E-state index contributed by atoms with van der Waals surface area (Å²) in [7, 11) is -3.60. The molecule has 0 radical (unpaired) electrons. The predicted molar refractivity (Wildman–Crippen MR) is 68.1 cm³/mol. The van der Waals surface area contributed by atoms with Gasteiger partial charge in [0.25, 0.3) is 10.0 Å². The minimum Gasteiger partial charge on any atom is -0.514 e. The quantitative estimate of drug-likeness (QED) is 0.713. The molecule has 5 nitrogen and oxygen atoms in total. The van der Waals surface area contributed by atoms with Crippen LogP contribution in [-0.4, -0.2) is 30.9 Å². The molecule has 7 heteroatoms. The van der Waals surface area contributed by atoms with Crippen LogP contribution in [0.2, 0.25) is 0 Å². The molecule has 94 valence electrons. The van der Waals surface area contributed by atoms with Crippen molar-refractivity contribution in [2.75, 3.05) is 13.1 Å². The van der Waals surface area contributed by atoms with E-state index in [2.05, 4.69) is 0 Å². The second-order valence-corrected chi connectivity index (χ2v) is 6.09. The molecule has 3 N–H and O–H groups in total. The van der Waals surface area contributed by atoms with Crippen LogP contribution in [-0.2, 0) is 10.0 Å². The van der Waals surface area contributed by atoms with Crippen molar-refractivity contribution >= 4 is 21.8 Å². The van der Waals surface area contributed by atoms with Gasteiger partial charge in [-0.3, -0.25) is 0 Å². The maximum atomic E-state index is 11.9. The second kappa shape index (κ2) is 6.82. The van der Waals surface area contributed by atoms with Gasteiger partial charge in [0.2, 0.25) is 0 Å². The van der Waals surface area contributed by atoms with E-state index in [-0.39, 0.29) is 4.24 Å². The summed E-state index contributed by atoms with van der Waals surface area (Å²) in [5.74, 6) is 0. The number of nitrogens with two attached hydrogens (primary N) is 1. The molecular weight excluding hydrogens is 248 g/mol. The Balaban J connectivity index is 5.04. The fraction of sp³-hybridized carbons (Fsp3) is 0.556.